The monoisotopic (exact) mass is 809 g/mol. The van der Waals surface area contributed by atoms with Crippen molar-refractivity contribution in [2.75, 3.05) is 83.9 Å². The first-order valence-corrected chi connectivity index (χ1v) is 20.3. The molecule has 59 heavy (non-hydrogen) atoms. The lowest BCUT2D eigenvalue weighted by Gasteiger charge is -2.40. The van der Waals surface area contributed by atoms with Gasteiger partial charge in [0.1, 0.15) is 11.4 Å². The third-order valence-corrected chi connectivity index (χ3v) is 11.2. The average Bonchev–Trinajstić information content (AvgIpc) is 3.22. The van der Waals surface area contributed by atoms with E-state index < -0.39 is 23.4 Å². The minimum Gasteiger partial charge on any atom is -0.444 e. The minimum atomic E-state index is -0.671. The summed E-state index contributed by atoms with van der Waals surface area (Å²) in [4.78, 5) is 78.9. The number of fused-ring (bicyclic) bond motifs is 1. The van der Waals surface area contributed by atoms with Crippen molar-refractivity contribution >= 4 is 40.3 Å². The number of hydrogen-bond donors (Lipinski definition) is 2. The van der Waals surface area contributed by atoms with Crippen LogP contribution in [0.25, 0.3) is 10.8 Å². The van der Waals surface area contributed by atoms with E-state index in [4.69, 9.17) is 4.74 Å². The molecule has 3 aliphatic rings. The summed E-state index contributed by atoms with van der Waals surface area (Å²) in [6.45, 7) is 12.4. The number of pyridine rings is 1. The Morgan fingerprint density at radius 2 is 1.47 bits per heavy atom. The molecule has 2 N–H and O–H groups in total. The number of nitrogens with zero attached hydrogens (tertiary/aromatic N) is 7. The van der Waals surface area contributed by atoms with Gasteiger partial charge in [-0.2, -0.15) is 5.10 Å². The maximum absolute atomic E-state index is 15.0. The van der Waals surface area contributed by atoms with E-state index in [1.54, 1.807) is 78.1 Å². The number of nitrogens with one attached hydrogen (secondary N) is 2. The van der Waals surface area contributed by atoms with E-state index >= 15 is 4.39 Å². The van der Waals surface area contributed by atoms with Gasteiger partial charge in [-0.3, -0.25) is 29.4 Å². The Morgan fingerprint density at radius 1 is 0.814 bits per heavy atom. The van der Waals surface area contributed by atoms with Gasteiger partial charge in [0.2, 0.25) is 5.91 Å². The van der Waals surface area contributed by atoms with E-state index in [-0.39, 0.29) is 28.6 Å². The number of anilines is 1. The third kappa shape index (κ3) is 10.3. The van der Waals surface area contributed by atoms with Crippen LogP contribution in [0.1, 0.15) is 65.7 Å². The van der Waals surface area contributed by atoms with E-state index in [1.807, 2.05) is 12.1 Å². The second-order valence-electron chi connectivity index (χ2n) is 16.5. The average molecular weight is 810 g/mol. The molecular weight excluding hydrogens is 758 g/mol. The molecule has 4 aromatic rings. The van der Waals surface area contributed by atoms with Crippen molar-refractivity contribution in [3.63, 3.8) is 0 Å². The maximum atomic E-state index is 15.0. The summed E-state index contributed by atoms with van der Waals surface area (Å²) in [6, 6.07) is 14.9. The van der Waals surface area contributed by atoms with Crippen LogP contribution in [0.3, 0.4) is 0 Å². The highest BCUT2D eigenvalue weighted by Crippen LogP contribution is 2.24. The van der Waals surface area contributed by atoms with Crippen LogP contribution < -0.4 is 10.9 Å². The van der Waals surface area contributed by atoms with E-state index in [0.717, 1.165) is 45.6 Å². The molecule has 16 heteroatoms. The summed E-state index contributed by atoms with van der Waals surface area (Å²) in [5.74, 6) is -0.777. The van der Waals surface area contributed by atoms with Crippen LogP contribution in [0.5, 0.6) is 0 Å². The Balaban J connectivity index is 0.827. The Kier molecular flexibility index (Phi) is 12.7. The number of halogens is 1. The SMILES string of the molecule is CC(C)(C)OC(=O)Nc1cccnc1C(=O)N1CCC(CN2CCN(CC(=O)N3CCN(C(=O)c4cc(Cc5n[nH]c(=O)c6ccccc56)ccc4F)CC3)CC2)CC1. The largest absolute Gasteiger partial charge is 0.444 e. The number of rotatable bonds is 9. The molecule has 0 radical (unpaired) electrons. The molecule has 4 amide bonds. The van der Waals surface area contributed by atoms with Crippen LogP contribution in [-0.2, 0) is 16.0 Å². The van der Waals surface area contributed by atoms with Gasteiger partial charge in [0.15, 0.2) is 5.69 Å². The van der Waals surface area contributed by atoms with Crippen molar-refractivity contribution in [1.29, 1.82) is 0 Å². The summed E-state index contributed by atoms with van der Waals surface area (Å²) in [5, 5.41) is 10.6. The van der Waals surface area contributed by atoms with Crippen LogP contribution in [0.2, 0.25) is 0 Å². The van der Waals surface area contributed by atoms with Crippen LogP contribution >= 0.6 is 0 Å². The quantitative estimate of drug-likeness (QED) is 0.254. The summed E-state index contributed by atoms with van der Waals surface area (Å²) < 4.78 is 20.4. The molecule has 3 fully saturated rings. The fourth-order valence-corrected chi connectivity index (χ4v) is 8.02. The molecule has 0 spiro atoms. The van der Waals surface area contributed by atoms with Crippen molar-refractivity contribution in [2.24, 2.45) is 5.92 Å². The summed E-state index contributed by atoms with van der Waals surface area (Å²) >= 11 is 0. The normalized spacial score (nSPS) is 17.3. The lowest BCUT2D eigenvalue weighted by molar-refractivity contribution is -0.134. The molecular formula is C43H52FN9O6. The van der Waals surface area contributed by atoms with Crippen LogP contribution in [-0.4, -0.2) is 148 Å². The number of piperidine rings is 1. The number of benzene rings is 2. The standard InChI is InChI=1S/C43H52FN9O6/c1-43(2,3)59-42(58)46-35-9-6-14-45-38(35)41(57)52-15-12-29(13-16-52)27-49-17-19-50(20-18-49)28-37(54)51-21-23-53(24-22-51)40(56)33-25-30(10-11-34(33)44)26-36-31-7-4-5-8-32(31)39(55)48-47-36/h4-11,14,25,29H,12-13,15-24,26-28H2,1-3H3,(H,46,58)(H,48,55). The fourth-order valence-electron chi connectivity index (χ4n) is 8.02. The number of hydrogen-bond acceptors (Lipinski definition) is 10. The first kappa shape index (κ1) is 41.4. The third-order valence-electron chi connectivity index (χ3n) is 11.2. The first-order valence-electron chi connectivity index (χ1n) is 20.3. The van der Waals surface area contributed by atoms with Crippen molar-refractivity contribution in [2.45, 2.75) is 45.6 Å². The van der Waals surface area contributed by atoms with E-state index in [9.17, 15) is 24.0 Å². The maximum Gasteiger partial charge on any atom is 0.412 e. The molecule has 7 rings (SSSR count). The molecule has 2 aromatic carbocycles. The van der Waals surface area contributed by atoms with Crippen molar-refractivity contribution in [1.82, 2.24) is 39.7 Å². The van der Waals surface area contributed by atoms with E-state index in [2.05, 4.69) is 30.3 Å². The lowest BCUT2D eigenvalue weighted by atomic mass is 9.95. The summed E-state index contributed by atoms with van der Waals surface area (Å²) in [6.07, 6.45) is 2.94. The molecule has 0 saturated carbocycles. The number of aromatic amines is 1. The number of amides is 4. The zero-order valence-corrected chi connectivity index (χ0v) is 33.9. The molecule has 0 unspecified atom stereocenters. The predicted molar refractivity (Wildman–Crippen MR) is 220 cm³/mol. The van der Waals surface area contributed by atoms with Crippen molar-refractivity contribution in [3.05, 3.63) is 99.5 Å². The molecule has 15 nitrogen and oxygen atoms in total. The highest BCUT2D eigenvalue weighted by atomic mass is 19.1. The van der Waals surface area contributed by atoms with Gasteiger partial charge in [0.25, 0.3) is 17.4 Å². The molecule has 312 valence electrons. The number of aromatic nitrogens is 3. The van der Waals surface area contributed by atoms with Gasteiger partial charge in [-0.05, 0) is 75.4 Å². The highest BCUT2D eigenvalue weighted by molar-refractivity contribution is 6.01. The van der Waals surface area contributed by atoms with Crippen molar-refractivity contribution < 1.29 is 28.3 Å². The molecule has 5 heterocycles. The first-order chi connectivity index (χ1) is 28.3. The molecule has 2 aromatic heterocycles. The Hall–Kier alpha value is -5.74. The second-order valence-corrected chi connectivity index (χ2v) is 16.5. The molecule has 0 aliphatic carbocycles. The van der Waals surface area contributed by atoms with Gasteiger partial charge in [0.05, 0.1) is 28.9 Å². The Bertz CT molecular complexity index is 2240. The van der Waals surface area contributed by atoms with Gasteiger partial charge in [-0.1, -0.05) is 24.3 Å². The minimum absolute atomic E-state index is 0.0220. The van der Waals surface area contributed by atoms with Gasteiger partial charge < -0.3 is 24.3 Å². The number of carbonyl (C=O) groups is 4. The zero-order valence-electron chi connectivity index (χ0n) is 33.9. The topological polar surface area (TPSA) is 164 Å². The van der Waals surface area contributed by atoms with E-state index in [1.165, 1.54) is 6.07 Å². The highest BCUT2D eigenvalue weighted by Gasteiger charge is 2.31. The van der Waals surface area contributed by atoms with Crippen LogP contribution in [0.15, 0.2) is 65.6 Å². The molecule has 0 bridgehead atoms. The zero-order chi connectivity index (χ0) is 41.7. The van der Waals surface area contributed by atoms with Crippen LogP contribution in [0, 0.1) is 11.7 Å². The lowest BCUT2D eigenvalue weighted by Crippen LogP contribution is -2.55. The predicted octanol–water partition coefficient (Wildman–Crippen LogP) is 3.85. The van der Waals surface area contributed by atoms with Crippen LogP contribution in [0.4, 0.5) is 14.9 Å². The fraction of sp³-hybridized carbons (Fsp3) is 0.465. The Labute approximate surface area is 342 Å². The van der Waals surface area contributed by atoms with Gasteiger partial charge >= 0.3 is 6.09 Å². The number of H-pyrrole nitrogens is 1. The van der Waals surface area contributed by atoms with E-state index in [0.29, 0.717) is 85.9 Å². The van der Waals surface area contributed by atoms with Gasteiger partial charge in [0, 0.05) is 90.0 Å². The van der Waals surface area contributed by atoms with Gasteiger partial charge in [-0.25, -0.2) is 19.3 Å². The second kappa shape index (κ2) is 18.0. The number of piperazine rings is 2. The summed E-state index contributed by atoms with van der Waals surface area (Å²) in [7, 11) is 0. The summed E-state index contributed by atoms with van der Waals surface area (Å²) in [5.41, 5.74) is 0.854. The van der Waals surface area contributed by atoms with Gasteiger partial charge in [-0.15, -0.1) is 0 Å². The molecule has 3 aliphatic heterocycles. The molecule has 0 atom stereocenters. The molecule has 3 saturated heterocycles. The number of ether oxygens (including phenoxy) is 1. The van der Waals surface area contributed by atoms with Crippen molar-refractivity contribution in [3.8, 4) is 0 Å². The number of likely N-dealkylation sites (tertiary alicyclic amines) is 1. The smallest absolute Gasteiger partial charge is 0.412 e. The Morgan fingerprint density at radius 3 is 2.19 bits per heavy atom. The number of carbonyl (C=O) groups excluding carboxylic acids is 4.